The minimum atomic E-state index is -0.826. The Balaban J connectivity index is 1.26. The number of hydrogen-bond acceptors (Lipinski definition) is 7. The number of nitrogens with zero attached hydrogens (tertiary/aromatic N) is 1. The van der Waals surface area contributed by atoms with Crippen LogP contribution in [0, 0.1) is 5.92 Å². The lowest BCUT2D eigenvalue weighted by molar-refractivity contribution is -0.147. The molecule has 1 heterocycles. The van der Waals surface area contributed by atoms with E-state index in [4.69, 9.17) is 32.7 Å². The maximum Gasteiger partial charge on any atom is 0.345 e. The summed E-state index contributed by atoms with van der Waals surface area (Å²) >= 11 is 11.8. The Bertz CT molecular complexity index is 1390. The number of halogens is 2. The van der Waals surface area contributed by atoms with Gasteiger partial charge in [-0.1, -0.05) is 41.4 Å². The number of rotatable bonds is 8. The number of Topliss-reactive ketones (excluding diaryl/α,β-unsaturated/α-hetero) is 1. The van der Waals surface area contributed by atoms with Crippen LogP contribution in [0.2, 0.25) is 10.0 Å². The molecule has 9 nitrogen and oxygen atoms in total. The molecule has 4 rings (SSSR count). The maximum absolute atomic E-state index is 12.5. The standard InChI is InChI=1S/C27H20Cl2N2O7/c28-19-8-11-21(22(29)13-19)27(36)38-20-9-6-16(7-10-20)23(32)15-37-26(35)18-12-24(33)31(14-18)30-25(34)17-4-2-1-3-5-17/h1-11,13,18H,12,14-15H2,(H,30,34)/t18-/m1/s1. The van der Waals surface area contributed by atoms with Gasteiger partial charge in [-0.3, -0.25) is 29.6 Å². The van der Waals surface area contributed by atoms with E-state index in [1.54, 1.807) is 30.3 Å². The molecular formula is C27H20Cl2N2O7. The predicted molar refractivity (Wildman–Crippen MR) is 137 cm³/mol. The van der Waals surface area contributed by atoms with Crippen molar-refractivity contribution in [2.24, 2.45) is 5.92 Å². The first-order valence-electron chi connectivity index (χ1n) is 11.3. The number of carbonyl (C=O) groups excluding carboxylic acids is 5. The molecule has 0 unspecified atom stereocenters. The molecule has 0 bridgehead atoms. The van der Waals surface area contributed by atoms with E-state index >= 15 is 0 Å². The van der Waals surface area contributed by atoms with Gasteiger partial charge in [0.25, 0.3) is 5.91 Å². The van der Waals surface area contributed by atoms with Crippen LogP contribution in [0.4, 0.5) is 0 Å². The Morgan fingerprint density at radius 2 is 1.63 bits per heavy atom. The van der Waals surface area contributed by atoms with Crippen molar-refractivity contribution in [1.29, 1.82) is 0 Å². The lowest BCUT2D eigenvalue weighted by atomic mass is 10.1. The second kappa shape index (κ2) is 11.9. The highest BCUT2D eigenvalue weighted by Gasteiger charge is 2.36. The van der Waals surface area contributed by atoms with Crippen molar-refractivity contribution in [1.82, 2.24) is 10.4 Å². The van der Waals surface area contributed by atoms with Gasteiger partial charge < -0.3 is 9.47 Å². The first-order chi connectivity index (χ1) is 18.2. The van der Waals surface area contributed by atoms with Crippen LogP contribution in [0.25, 0.3) is 0 Å². The molecule has 0 radical (unpaired) electrons. The second-order valence-corrected chi connectivity index (χ2v) is 9.12. The third-order valence-corrected chi connectivity index (χ3v) is 6.16. The summed E-state index contributed by atoms with van der Waals surface area (Å²) in [4.78, 5) is 61.8. The number of carbonyl (C=O) groups is 5. The number of ether oxygens (including phenoxy) is 2. The minimum Gasteiger partial charge on any atom is -0.457 e. The Morgan fingerprint density at radius 1 is 0.921 bits per heavy atom. The fourth-order valence-corrected chi connectivity index (χ4v) is 4.10. The van der Waals surface area contributed by atoms with Crippen LogP contribution >= 0.6 is 23.2 Å². The largest absolute Gasteiger partial charge is 0.457 e. The van der Waals surface area contributed by atoms with Gasteiger partial charge in [-0.15, -0.1) is 0 Å². The zero-order valence-corrected chi connectivity index (χ0v) is 21.2. The molecule has 2 amide bonds. The zero-order chi connectivity index (χ0) is 27.2. The highest BCUT2D eigenvalue weighted by molar-refractivity contribution is 6.36. The first-order valence-corrected chi connectivity index (χ1v) is 12.1. The van der Waals surface area contributed by atoms with Gasteiger partial charge in [0.1, 0.15) is 5.75 Å². The molecule has 1 N–H and O–H groups in total. The van der Waals surface area contributed by atoms with Gasteiger partial charge in [-0.2, -0.15) is 0 Å². The van der Waals surface area contributed by atoms with Gasteiger partial charge in [0, 0.05) is 22.6 Å². The van der Waals surface area contributed by atoms with Crippen LogP contribution in [0.3, 0.4) is 0 Å². The molecule has 1 aliphatic heterocycles. The average molecular weight is 555 g/mol. The summed E-state index contributed by atoms with van der Waals surface area (Å²) in [5.74, 6) is -3.48. The summed E-state index contributed by atoms with van der Waals surface area (Å²) in [6.07, 6.45) is -0.153. The van der Waals surface area contributed by atoms with E-state index in [2.05, 4.69) is 5.43 Å². The summed E-state index contributed by atoms with van der Waals surface area (Å²) in [5.41, 5.74) is 3.20. The van der Waals surface area contributed by atoms with Crippen LogP contribution in [0.5, 0.6) is 5.75 Å². The van der Waals surface area contributed by atoms with E-state index in [9.17, 15) is 24.0 Å². The Labute approximate surface area is 227 Å². The molecule has 3 aromatic rings. The molecule has 0 aromatic heterocycles. The molecule has 194 valence electrons. The lowest BCUT2D eigenvalue weighted by Crippen LogP contribution is -2.43. The fourth-order valence-electron chi connectivity index (χ4n) is 3.61. The van der Waals surface area contributed by atoms with Crippen LogP contribution in [0.1, 0.15) is 37.5 Å². The quantitative estimate of drug-likeness (QED) is 0.252. The van der Waals surface area contributed by atoms with E-state index in [1.165, 1.54) is 42.5 Å². The molecule has 1 atom stereocenters. The summed E-state index contributed by atoms with van der Waals surface area (Å²) in [6.45, 7) is -0.610. The van der Waals surface area contributed by atoms with Crippen LogP contribution < -0.4 is 10.2 Å². The van der Waals surface area contributed by atoms with Crippen LogP contribution in [-0.2, 0) is 14.3 Å². The van der Waals surface area contributed by atoms with Crippen molar-refractivity contribution in [2.75, 3.05) is 13.2 Å². The molecule has 38 heavy (non-hydrogen) atoms. The Kier molecular flexibility index (Phi) is 8.40. The number of ketones is 1. The predicted octanol–water partition coefficient (Wildman–Crippen LogP) is 4.13. The molecule has 1 saturated heterocycles. The Morgan fingerprint density at radius 3 is 2.32 bits per heavy atom. The smallest absolute Gasteiger partial charge is 0.345 e. The van der Waals surface area contributed by atoms with Gasteiger partial charge in [-0.05, 0) is 54.6 Å². The van der Waals surface area contributed by atoms with Crippen molar-refractivity contribution in [3.8, 4) is 5.75 Å². The molecule has 0 spiro atoms. The van der Waals surface area contributed by atoms with E-state index < -0.39 is 42.1 Å². The van der Waals surface area contributed by atoms with Gasteiger partial charge in [0.2, 0.25) is 5.91 Å². The van der Waals surface area contributed by atoms with Gasteiger partial charge in [0.05, 0.1) is 23.0 Å². The summed E-state index contributed by atoms with van der Waals surface area (Å²) in [7, 11) is 0. The fraction of sp³-hybridized carbons (Fsp3) is 0.148. The molecule has 0 saturated carbocycles. The van der Waals surface area contributed by atoms with Crippen molar-refractivity contribution in [3.05, 3.63) is 99.5 Å². The minimum absolute atomic E-state index is 0.0673. The van der Waals surface area contributed by atoms with Gasteiger partial charge >= 0.3 is 11.9 Å². The highest BCUT2D eigenvalue weighted by Crippen LogP contribution is 2.23. The van der Waals surface area contributed by atoms with Crippen LogP contribution in [0.15, 0.2) is 72.8 Å². The van der Waals surface area contributed by atoms with Gasteiger partial charge in [0.15, 0.2) is 12.4 Å². The van der Waals surface area contributed by atoms with Crippen molar-refractivity contribution in [3.63, 3.8) is 0 Å². The first kappa shape index (κ1) is 26.8. The third-order valence-electron chi connectivity index (χ3n) is 5.61. The molecule has 11 heteroatoms. The molecule has 3 aromatic carbocycles. The number of nitrogens with one attached hydrogen (secondary N) is 1. The summed E-state index contributed by atoms with van der Waals surface area (Å²) in [6, 6.07) is 18.4. The number of hydrogen-bond donors (Lipinski definition) is 1. The molecule has 1 aliphatic rings. The van der Waals surface area contributed by atoms with Crippen LogP contribution in [-0.4, -0.2) is 47.7 Å². The second-order valence-electron chi connectivity index (χ2n) is 8.28. The number of benzene rings is 3. The highest BCUT2D eigenvalue weighted by atomic mass is 35.5. The van der Waals surface area contributed by atoms with E-state index in [0.29, 0.717) is 10.6 Å². The van der Waals surface area contributed by atoms with Crippen molar-refractivity contribution >= 4 is 52.7 Å². The molecule has 0 aliphatic carbocycles. The summed E-state index contributed by atoms with van der Waals surface area (Å²) in [5, 5.41) is 1.59. The zero-order valence-electron chi connectivity index (χ0n) is 19.7. The van der Waals surface area contributed by atoms with Crippen molar-refractivity contribution < 1.29 is 33.4 Å². The number of amides is 2. The van der Waals surface area contributed by atoms with E-state index in [1.807, 2.05) is 0 Å². The normalized spacial score (nSPS) is 14.6. The monoisotopic (exact) mass is 554 g/mol. The molecular weight excluding hydrogens is 535 g/mol. The SMILES string of the molecule is O=C(COC(=O)[C@@H]1CC(=O)N(NC(=O)c2ccccc2)C1)c1ccc(OC(=O)c2ccc(Cl)cc2Cl)cc1. The molecule has 1 fully saturated rings. The number of hydrazine groups is 1. The van der Waals surface area contributed by atoms with E-state index in [0.717, 1.165) is 5.01 Å². The Hall–Kier alpha value is -4.21. The topological polar surface area (TPSA) is 119 Å². The van der Waals surface area contributed by atoms with Crippen molar-refractivity contribution in [2.45, 2.75) is 6.42 Å². The maximum atomic E-state index is 12.5. The summed E-state index contributed by atoms with van der Waals surface area (Å²) < 4.78 is 10.4. The number of esters is 2. The van der Waals surface area contributed by atoms with Gasteiger partial charge in [-0.25, -0.2) is 4.79 Å². The lowest BCUT2D eigenvalue weighted by Gasteiger charge is -2.17. The average Bonchev–Trinajstić information content (AvgIpc) is 3.27. The van der Waals surface area contributed by atoms with E-state index in [-0.39, 0.29) is 34.9 Å². The third kappa shape index (κ3) is 6.56.